The van der Waals surface area contributed by atoms with Gasteiger partial charge < -0.3 is 15.4 Å². The van der Waals surface area contributed by atoms with Gasteiger partial charge in [-0.1, -0.05) is 29.3 Å². The number of piperidine rings is 1. The molecule has 9 heteroatoms. The third kappa shape index (κ3) is 3.16. The molecule has 6 nitrogen and oxygen atoms in total. The van der Waals surface area contributed by atoms with Crippen molar-refractivity contribution in [1.82, 2.24) is 20.4 Å². The van der Waals surface area contributed by atoms with Gasteiger partial charge in [0.05, 0.1) is 11.1 Å². The molecule has 0 radical (unpaired) electrons. The van der Waals surface area contributed by atoms with Gasteiger partial charge in [-0.3, -0.25) is 9.48 Å². The number of carbonyl (C=O) groups excluding carboxylic acids is 1. The van der Waals surface area contributed by atoms with E-state index in [2.05, 4.69) is 15.7 Å². The van der Waals surface area contributed by atoms with Gasteiger partial charge in [-0.2, -0.15) is 5.10 Å². The quantitative estimate of drug-likeness (QED) is 0.806. The number of ether oxygens (including phenoxy) is 1. The number of halogens is 3. The van der Waals surface area contributed by atoms with Gasteiger partial charge in [0.25, 0.3) is 0 Å². The fraction of sp³-hybridized carbons (Fsp3) is 0.412. The Hall–Kier alpha value is -1.47. The topological polar surface area (TPSA) is 68.2 Å². The van der Waals surface area contributed by atoms with Crippen molar-refractivity contribution in [2.24, 2.45) is 0 Å². The Kier molecular flexibility index (Phi) is 5.67. The molecule has 1 aromatic heterocycles. The summed E-state index contributed by atoms with van der Waals surface area (Å²) in [6.07, 6.45) is 4.91. The Balaban J connectivity index is 0.00000196. The Labute approximate surface area is 167 Å². The Morgan fingerprint density at radius 1 is 1.35 bits per heavy atom. The molecule has 0 aliphatic carbocycles. The molecule has 0 spiro atoms. The first-order chi connectivity index (χ1) is 12.1. The largest absolute Gasteiger partial charge is 0.489 e. The average Bonchev–Trinajstić information content (AvgIpc) is 3.29. The molecule has 4 rings (SSSR count). The summed E-state index contributed by atoms with van der Waals surface area (Å²) < 4.78 is 7.44. The highest BCUT2D eigenvalue weighted by Gasteiger charge is 2.43. The minimum absolute atomic E-state index is 0. The fourth-order valence-corrected chi connectivity index (χ4v) is 3.93. The molecular weight excluding hydrogens is 399 g/mol. The van der Waals surface area contributed by atoms with Gasteiger partial charge in [-0.05, 0) is 38.1 Å². The zero-order chi connectivity index (χ0) is 17.4. The van der Waals surface area contributed by atoms with Crippen LogP contribution in [0.3, 0.4) is 0 Å². The van der Waals surface area contributed by atoms with E-state index in [1.807, 2.05) is 18.3 Å². The van der Waals surface area contributed by atoms with Crippen LogP contribution in [0.4, 0.5) is 0 Å². The third-order valence-electron chi connectivity index (χ3n) is 4.95. The van der Waals surface area contributed by atoms with Gasteiger partial charge in [0.1, 0.15) is 22.9 Å². The normalized spacial score (nSPS) is 20.6. The van der Waals surface area contributed by atoms with E-state index in [1.165, 1.54) is 0 Å². The number of rotatable bonds is 3. The van der Waals surface area contributed by atoms with Crippen molar-refractivity contribution in [3.8, 4) is 5.75 Å². The molecule has 26 heavy (non-hydrogen) atoms. The molecule has 0 saturated carbocycles. The second-order valence-electron chi connectivity index (χ2n) is 6.35. The fourth-order valence-electron chi connectivity index (χ4n) is 3.56. The Morgan fingerprint density at radius 2 is 2.12 bits per heavy atom. The smallest absolute Gasteiger partial charge is 0.248 e. The number of nitrogens with zero attached hydrogens (tertiary/aromatic N) is 2. The van der Waals surface area contributed by atoms with Crippen molar-refractivity contribution in [2.45, 2.75) is 24.4 Å². The van der Waals surface area contributed by atoms with Gasteiger partial charge in [-0.25, -0.2) is 0 Å². The zero-order valence-electron chi connectivity index (χ0n) is 13.9. The molecule has 2 aliphatic heterocycles. The van der Waals surface area contributed by atoms with Crippen molar-refractivity contribution in [3.05, 3.63) is 46.2 Å². The van der Waals surface area contributed by atoms with Gasteiger partial charge in [0.2, 0.25) is 5.91 Å². The SMILES string of the molecule is Cl.O=C(NC1COc2c1ccc(Cl)c2Cl)C1(n2cccn2)CCNCC1. The highest BCUT2D eigenvalue weighted by Crippen LogP contribution is 2.42. The van der Waals surface area contributed by atoms with Crippen LogP contribution >= 0.6 is 35.6 Å². The Morgan fingerprint density at radius 3 is 2.81 bits per heavy atom. The summed E-state index contributed by atoms with van der Waals surface area (Å²) in [7, 11) is 0. The molecular formula is C17H19Cl3N4O2. The molecule has 1 saturated heterocycles. The lowest BCUT2D eigenvalue weighted by atomic mass is 9.87. The van der Waals surface area contributed by atoms with Crippen molar-refractivity contribution in [2.75, 3.05) is 19.7 Å². The molecule has 1 fully saturated rings. The van der Waals surface area contributed by atoms with Crippen LogP contribution in [0.25, 0.3) is 0 Å². The molecule has 1 unspecified atom stereocenters. The molecule has 2 aromatic rings. The number of hydrogen-bond donors (Lipinski definition) is 2. The van der Waals surface area contributed by atoms with E-state index in [4.69, 9.17) is 27.9 Å². The predicted octanol–water partition coefficient (Wildman–Crippen LogP) is 2.94. The van der Waals surface area contributed by atoms with Crippen molar-refractivity contribution < 1.29 is 9.53 Å². The summed E-state index contributed by atoms with van der Waals surface area (Å²) in [4.78, 5) is 13.2. The number of aromatic nitrogens is 2. The number of nitrogens with one attached hydrogen (secondary N) is 2. The second kappa shape index (κ2) is 7.64. The summed E-state index contributed by atoms with van der Waals surface area (Å²) in [6, 6.07) is 5.17. The Bertz CT molecular complexity index is 792. The summed E-state index contributed by atoms with van der Waals surface area (Å²) in [6.45, 7) is 1.88. The van der Waals surface area contributed by atoms with Gasteiger partial charge in [-0.15, -0.1) is 12.4 Å². The lowest BCUT2D eigenvalue weighted by Gasteiger charge is -2.37. The van der Waals surface area contributed by atoms with Crippen LogP contribution in [0.2, 0.25) is 10.0 Å². The van der Waals surface area contributed by atoms with Crippen LogP contribution in [-0.2, 0) is 10.3 Å². The van der Waals surface area contributed by atoms with E-state index in [1.54, 1.807) is 16.9 Å². The van der Waals surface area contributed by atoms with Crippen LogP contribution in [0.5, 0.6) is 5.75 Å². The molecule has 2 N–H and O–H groups in total. The van der Waals surface area contributed by atoms with Gasteiger partial charge in [0, 0.05) is 18.0 Å². The number of amides is 1. The molecule has 1 atom stereocenters. The first kappa shape index (κ1) is 19.3. The highest BCUT2D eigenvalue weighted by molar-refractivity contribution is 6.43. The maximum absolute atomic E-state index is 13.2. The maximum atomic E-state index is 13.2. The predicted molar refractivity (Wildman–Crippen MR) is 102 cm³/mol. The number of carbonyl (C=O) groups is 1. The first-order valence-electron chi connectivity index (χ1n) is 8.24. The summed E-state index contributed by atoms with van der Waals surface area (Å²) in [5.74, 6) is 0.503. The minimum Gasteiger partial charge on any atom is -0.489 e. The zero-order valence-corrected chi connectivity index (χ0v) is 16.2. The first-order valence-corrected chi connectivity index (χ1v) is 9.00. The molecule has 0 bridgehead atoms. The van der Waals surface area contributed by atoms with Crippen LogP contribution < -0.4 is 15.4 Å². The number of benzene rings is 1. The summed E-state index contributed by atoms with van der Waals surface area (Å²) >= 11 is 12.2. The lowest BCUT2D eigenvalue weighted by Crippen LogP contribution is -2.55. The average molecular weight is 418 g/mol. The standard InChI is InChI=1S/C17H18Cl2N4O2.ClH/c18-12-3-2-11-13(10-25-15(11)14(12)19)22-16(24)17(4-7-20-8-5-17)23-9-1-6-21-23;/h1-3,6,9,13,20H,4-5,7-8,10H2,(H,22,24);1H. The monoisotopic (exact) mass is 416 g/mol. The van der Waals surface area contributed by atoms with Gasteiger partial charge in [0.15, 0.2) is 0 Å². The maximum Gasteiger partial charge on any atom is 0.248 e. The van der Waals surface area contributed by atoms with Crippen LogP contribution in [0.15, 0.2) is 30.6 Å². The van der Waals surface area contributed by atoms with E-state index in [9.17, 15) is 4.79 Å². The molecule has 1 aromatic carbocycles. The van der Waals surface area contributed by atoms with E-state index < -0.39 is 5.54 Å². The summed E-state index contributed by atoms with van der Waals surface area (Å²) in [5, 5.41) is 11.6. The van der Waals surface area contributed by atoms with E-state index in [0.717, 1.165) is 18.7 Å². The third-order valence-corrected chi connectivity index (χ3v) is 5.74. The van der Waals surface area contributed by atoms with Crippen molar-refractivity contribution in [3.63, 3.8) is 0 Å². The van der Waals surface area contributed by atoms with Crippen molar-refractivity contribution >= 4 is 41.5 Å². The summed E-state index contributed by atoms with van der Waals surface area (Å²) in [5.41, 5.74) is 0.167. The molecule has 3 heterocycles. The van der Waals surface area contributed by atoms with Crippen molar-refractivity contribution in [1.29, 1.82) is 0 Å². The van der Waals surface area contributed by atoms with Crippen LogP contribution in [0, 0.1) is 0 Å². The second-order valence-corrected chi connectivity index (χ2v) is 7.13. The van der Waals surface area contributed by atoms with Gasteiger partial charge >= 0.3 is 0 Å². The number of fused-ring (bicyclic) bond motifs is 1. The van der Waals surface area contributed by atoms with Crippen LogP contribution in [0.1, 0.15) is 24.4 Å². The molecule has 140 valence electrons. The van der Waals surface area contributed by atoms with E-state index in [0.29, 0.717) is 35.2 Å². The molecule has 2 aliphatic rings. The highest BCUT2D eigenvalue weighted by atomic mass is 35.5. The molecule has 1 amide bonds. The van der Waals surface area contributed by atoms with Crippen LogP contribution in [-0.4, -0.2) is 35.4 Å². The minimum atomic E-state index is -0.687. The number of hydrogen-bond acceptors (Lipinski definition) is 4. The van der Waals surface area contributed by atoms with E-state index in [-0.39, 0.29) is 24.4 Å². The van der Waals surface area contributed by atoms with E-state index >= 15 is 0 Å². The lowest BCUT2D eigenvalue weighted by molar-refractivity contribution is -0.132.